The van der Waals surface area contributed by atoms with Crippen LogP contribution in [0.1, 0.15) is 22.4 Å². The summed E-state index contributed by atoms with van der Waals surface area (Å²) in [5.41, 5.74) is 4.64. The number of hydrogen-bond donors (Lipinski definition) is 1. The topological polar surface area (TPSA) is 63.8 Å². The quantitative estimate of drug-likeness (QED) is 0.214. The first kappa shape index (κ1) is 21.3. The molecule has 0 unspecified atom stereocenters. The molecule has 0 atom stereocenters. The first-order valence-electron chi connectivity index (χ1n) is 10.8. The highest BCUT2D eigenvalue weighted by Gasteiger charge is 2.12. The van der Waals surface area contributed by atoms with E-state index in [1.165, 1.54) is 10.4 Å². The minimum Gasteiger partial charge on any atom is -0.472 e. The van der Waals surface area contributed by atoms with E-state index in [4.69, 9.17) is 14.4 Å². The SMILES string of the molecule is Cc1cc2c(NCCCc3ccc(-c4cnc(F)c(C)c4)cc3)nc(-c3ccoc3)nc2s1. The van der Waals surface area contributed by atoms with Gasteiger partial charge in [-0.2, -0.15) is 4.39 Å². The van der Waals surface area contributed by atoms with Gasteiger partial charge in [0.1, 0.15) is 16.9 Å². The summed E-state index contributed by atoms with van der Waals surface area (Å²) in [6.45, 7) is 4.61. The summed E-state index contributed by atoms with van der Waals surface area (Å²) < 4.78 is 18.6. The number of aromatic nitrogens is 3. The van der Waals surface area contributed by atoms with Crippen LogP contribution >= 0.6 is 11.3 Å². The average molecular weight is 459 g/mol. The molecule has 0 bridgehead atoms. The lowest BCUT2D eigenvalue weighted by molar-refractivity contribution is 0.568. The molecule has 0 amide bonds. The Bertz CT molecular complexity index is 1390. The van der Waals surface area contributed by atoms with Crippen molar-refractivity contribution in [2.24, 2.45) is 0 Å². The lowest BCUT2D eigenvalue weighted by atomic mass is 10.0. The summed E-state index contributed by atoms with van der Waals surface area (Å²) >= 11 is 1.67. The van der Waals surface area contributed by atoms with Crippen LogP contribution in [0.5, 0.6) is 0 Å². The Balaban J connectivity index is 1.24. The first-order valence-corrected chi connectivity index (χ1v) is 11.6. The molecule has 0 saturated heterocycles. The van der Waals surface area contributed by atoms with Gasteiger partial charge in [0.2, 0.25) is 5.95 Å². The minimum absolute atomic E-state index is 0.418. The van der Waals surface area contributed by atoms with Crippen LogP contribution in [0, 0.1) is 19.8 Å². The maximum atomic E-state index is 13.4. The second-order valence-corrected chi connectivity index (χ2v) is 9.28. The molecule has 4 heterocycles. The van der Waals surface area contributed by atoms with Gasteiger partial charge in [0.15, 0.2) is 5.82 Å². The lowest BCUT2D eigenvalue weighted by Gasteiger charge is -2.09. The number of nitrogens with one attached hydrogen (secondary N) is 1. The van der Waals surface area contributed by atoms with Crippen LogP contribution in [-0.4, -0.2) is 21.5 Å². The predicted octanol–water partition coefficient (Wildman–Crippen LogP) is 6.81. The van der Waals surface area contributed by atoms with Crippen LogP contribution in [0.4, 0.5) is 10.2 Å². The second kappa shape index (κ2) is 9.11. The van der Waals surface area contributed by atoms with E-state index in [0.29, 0.717) is 11.4 Å². The number of anilines is 1. The van der Waals surface area contributed by atoms with E-state index < -0.39 is 5.95 Å². The smallest absolute Gasteiger partial charge is 0.215 e. The molecular weight excluding hydrogens is 435 g/mol. The van der Waals surface area contributed by atoms with E-state index >= 15 is 0 Å². The van der Waals surface area contributed by atoms with Gasteiger partial charge in [-0.3, -0.25) is 0 Å². The molecule has 0 spiro atoms. The fourth-order valence-electron chi connectivity index (χ4n) is 3.78. The number of nitrogens with zero attached hydrogens (tertiary/aromatic N) is 3. The fraction of sp³-hybridized carbons (Fsp3) is 0.192. The molecule has 33 heavy (non-hydrogen) atoms. The number of halogens is 1. The predicted molar refractivity (Wildman–Crippen MR) is 131 cm³/mol. The Kier molecular flexibility index (Phi) is 5.88. The molecule has 0 saturated carbocycles. The zero-order valence-electron chi connectivity index (χ0n) is 18.4. The molecule has 1 aromatic carbocycles. The standard InChI is InChI=1S/C26H23FN4OS/c1-16-12-21(14-29-23(16)27)19-7-5-18(6-8-19)4-3-10-28-25-22-13-17(2)33-26(22)31-24(30-25)20-9-11-32-15-20/h5-9,11-15H,3-4,10H2,1-2H3,(H,28,30,31). The van der Waals surface area contributed by atoms with Crippen LogP contribution in [0.25, 0.3) is 32.7 Å². The second-order valence-electron chi connectivity index (χ2n) is 8.04. The number of fused-ring (bicyclic) bond motifs is 1. The molecule has 0 aliphatic heterocycles. The van der Waals surface area contributed by atoms with Crippen molar-refractivity contribution in [3.05, 3.63) is 83.1 Å². The zero-order chi connectivity index (χ0) is 22.8. The van der Waals surface area contributed by atoms with Crippen molar-refractivity contribution in [3.63, 3.8) is 0 Å². The van der Waals surface area contributed by atoms with Crippen molar-refractivity contribution < 1.29 is 8.81 Å². The molecule has 5 nitrogen and oxygen atoms in total. The average Bonchev–Trinajstić information content (AvgIpc) is 3.48. The van der Waals surface area contributed by atoms with Crippen LogP contribution in [-0.2, 0) is 6.42 Å². The van der Waals surface area contributed by atoms with Crippen LogP contribution in [0.3, 0.4) is 0 Å². The molecule has 7 heteroatoms. The first-order chi connectivity index (χ1) is 16.1. The molecule has 1 N–H and O–H groups in total. The molecule has 0 radical (unpaired) electrons. The Hall–Kier alpha value is -3.58. The molecule has 4 aromatic heterocycles. The normalized spacial score (nSPS) is 11.2. The summed E-state index contributed by atoms with van der Waals surface area (Å²) in [6, 6.07) is 14.2. The van der Waals surface area contributed by atoms with Gasteiger partial charge in [-0.1, -0.05) is 24.3 Å². The Labute approximate surface area is 195 Å². The largest absolute Gasteiger partial charge is 0.472 e. The molecule has 166 valence electrons. The minimum atomic E-state index is -0.418. The van der Waals surface area contributed by atoms with Gasteiger partial charge < -0.3 is 9.73 Å². The Morgan fingerprint density at radius 1 is 1.00 bits per heavy atom. The third-order valence-electron chi connectivity index (χ3n) is 5.53. The van der Waals surface area contributed by atoms with E-state index in [9.17, 15) is 4.39 Å². The third-order valence-corrected chi connectivity index (χ3v) is 6.48. The Morgan fingerprint density at radius 2 is 1.85 bits per heavy atom. The van der Waals surface area contributed by atoms with Gasteiger partial charge in [-0.05, 0) is 56.0 Å². The summed E-state index contributed by atoms with van der Waals surface area (Å²) in [7, 11) is 0. The molecule has 5 aromatic rings. The number of furan rings is 1. The van der Waals surface area contributed by atoms with Crippen molar-refractivity contribution in [3.8, 4) is 22.5 Å². The van der Waals surface area contributed by atoms with Crippen LogP contribution in [0.15, 0.2) is 65.6 Å². The molecule has 0 aliphatic carbocycles. The lowest BCUT2D eigenvalue weighted by Crippen LogP contribution is -2.06. The number of pyridine rings is 1. The maximum absolute atomic E-state index is 13.4. The molecular formula is C26H23FN4OS. The number of benzene rings is 1. The number of aryl methyl sites for hydroxylation is 3. The van der Waals surface area contributed by atoms with Gasteiger partial charge in [-0.25, -0.2) is 15.0 Å². The number of hydrogen-bond acceptors (Lipinski definition) is 6. The van der Waals surface area contributed by atoms with E-state index in [2.05, 4.69) is 47.6 Å². The molecule has 5 rings (SSSR count). The summed E-state index contributed by atoms with van der Waals surface area (Å²) in [5.74, 6) is 1.11. The summed E-state index contributed by atoms with van der Waals surface area (Å²) in [4.78, 5) is 15.5. The molecule has 0 fully saturated rings. The van der Waals surface area contributed by atoms with Crippen molar-refractivity contribution in [1.82, 2.24) is 15.0 Å². The van der Waals surface area contributed by atoms with Crippen LogP contribution < -0.4 is 5.32 Å². The van der Waals surface area contributed by atoms with E-state index in [-0.39, 0.29) is 0 Å². The van der Waals surface area contributed by atoms with Crippen molar-refractivity contribution in [1.29, 1.82) is 0 Å². The summed E-state index contributed by atoms with van der Waals surface area (Å²) in [5, 5.41) is 4.56. The highest BCUT2D eigenvalue weighted by atomic mass is 32.1. The summed E-state index contributed by atoms with van der Waals surface area (Å²) in [6.07, 6.45) is 6.78. The number of rotatable bonds is 7. The van der Waals surface area contributed by atoms with Gasteiger partial charge in [-0.15, -0.1) is 11.3 Å². The zero-order valence-corrected chi connectivity index (χ0v) is 19.2. The van der Waals surface area contributed by atoms with E-state index in [0.717, 1.165) is 52.1 Å². The number of thiophene rings is 1. The van der Waals surface area contributed by atoms with Crippen molar-refractivity contribution in [2.75, 3.05) is 11.9 Å². The van der Waals surface area contributed by atoms with Gasteiger partial charge >= 0.3 is 0 Å². The van der Waals surface area contributed by atoms with E-state index in [1.807, 2.05) is 12.1 Å². The van der Waals surface area contributed by atoms with Crippen molar-refractivity contribution >= 4 is 27.4 Å². The monoisotopic (exact) mass is 458 g/mol. The van der Waals surface area contributed by atoms with Gasteiger partial charge in [0.25, 0.3) is 0 Å². The maximum Gasteiger partial charge on any atom is 0.215 e. The fourth-order valence-corrected chi connectivity index (χ4v) is 4.66. The highest BCUT2D eigenvalue weighted by Crippen LogP contribution is 2.31. The molecule has 0 aliphatic rings. The van der Waals surface area contributed by atoms with Crippen molar-refractivity contribution in [2.45, 2.75) is 26.7 Å². The van der Waals surface area contributed by atoms with Gasteiger partial charge in [0, 0.05) is 28.7 Å². The van der Waals surface area contributed by atoms with Gasteiger partial charge in [0.05, 0.1) is 17.2 Å². The Morgan fingerprint density at radius 3 is 2.61 bits per heavy atom. The highest BCUT2D eigenvalue weighted by molar-refractivity contribution is 7.18. The van der Waals surface area contributed by atoms with Crippen LogP contribution in [0.2, 0.25) is 0 Å². The van der Waals surface area contributed by atoms with E-state index in [1.54, 1.807) is 37.0 Å². The third kappa shape index (κ3) is 4.64.